The summed E-state index contributed by atoms with van der Waals surface area (Å²) in [5.74, 6) is 8.56. The molecule has 1 rings (SSSR count). The summed E-state index contributed by atoms with van der Waals surface area (Å²) in [5, 5.41) is 2.63. The minimum atomic E-state index is -0.672. The number of nitrogens with one attached hydrogen (secondary N) is 2. The molecule has 0 saturated carbocycles. The molecule has 1 aromatic rings. The second-order valence-corrected chi connectivity index (χ2v) is 2.77. The molecule has 8 nitrogen and oxygen atoms in total. The van der Waals surface area contributed by atoms with E-state index in [2.05, 4.69) is 5.18 Å². The largest absolute Gasteiger partial charge is 0.290 e. The number of benzene rings is 1. The van der Waals surface area contributed by atoms with Crippen LogP contribution in [0.3, 0.4) is 0 Å². The first-order valence-corrected chi connectivity index (χ1v) is 4.13. The van der Waals surface area contributed by atoms with Crippen LogP contribution in [0.4, 0.5) is 5.69 Å². The van der Waals surface area contributed by atoms with Gasteiger partial charge in [0.15, 0.2) is 0 Å². The van der Waals surface area contributed by atoms with Gasteiger partial charge in [-0.05, 0) is 23.4 Å². The first-order chi connectivity index (χ1) is 7.63. The van der Waals surface area contributed by atoms with E-state index in [-0.39, 0.29) is 16.8 Å². The summed E-state index contributed by atoms with van der Waals surface area (Å²) in [7, 11) is 0. The topological polar surface area (TPSA) is 140 Å². The van der Waals surface area contributed by atoms with Gasteiger partial charge in [-0.3, -0.25) is 20.4 Å². The van der Waals surface area contributed by atoms with Crippen LogP contribution in [0.25, 0.3) is 0 Å². The van der Waals surface area contributed by atoms with Gasteiger partial charge in [0.05, 0.1) is 5.56 Å². The van der Waals surface area contributed by atoms with Crippen molar-refractivity contribution in [1.82, 2.24) is 10.9 Å². The summed E-state index contributed by atoms with van der Waals surface area (Å²) >= 11 is 0. The van der Waals surface area contributed by atoms with Gasteiger partial charge in [-0.2, -0.15) is 0 Å². The number of nitroso groups, excluding NO2 is 1. The van der Waals surface area contributed by atoms with E-state index in [1.807, 2.05) is 10.9 Å². The SMILES string of the molecule is NNC(=O)c1ccc(C(=O)NN)c(N=O)c1. The average Bonchev–Trinajstić information content (AvgIpc) is 2.35. The minimum absolute atomic E-state index is 0.0222. The Morgan fingerprint density at radius 1 is 1.12 bits per heavy atom. The molecule has 8 heteroatoms. The van der Waals surface area contributed by atoms with E-state index in [9.17, 15) is 14.5 Å². The molecule has 0 aliphatic heterocycles. The molecule has 1 aromatic carbocycles. The second-order valence-electron chi connectivity index (χ2n) is 2.77. The van der Waals surface area contributed by atoms with E-state index in [0.717, 1.165) is 6.07 Å². The fourth-order valence-corrected chi connectivity index (χ4v) is 1.10. The molecule has 0 unspecified atom stereocenters. The fourth-order valence-electron chi connectivity index (χ4n) is 1.10. The maximum atomic E-state index is 11.2. The highest BCUT2D eigenvalue weighted by molar-refractivity contribution is 6.01. The molecule has 0 bridgehead atoms. The predicted octanol–water partition coefficient (Wildman–Crippen LogP) is -0.708. The molecule has 84 valence electrons. The van der Waals surface area contributed by atoms with Gasteiger partial charge in [-0.1, -0.05) is 0 Å². The van der Waals surface area contributed by atoms with Gasteiger partial charge in [0.1, 0.15) is 5.69 Å². The van der Waals surface area contributed by atoms with Gasteiger partial charge in [0.25, 0.3) is 11.8 Å². The molecule has 0 aromatic heterocycles. The van der Waals surface area contributed by atoms with E-state index in [4.69, 9.17) is 11.7 Å². The molecular weight excluding hydrogens is 214 g/mol. The summed E-state index contributed by atoms with van der Waals surface area (Å²) in [6.45, 7) is 0. The molecule has 0 heterocycles. The third-order valence-electron chi connectivity index (χ3n) is 1.87. The molecule has 0 atom stereocenters. The highest BCUT2D eigenvalue weighted by atomic mass is 16.3. The monoisotopic (exact) mass is 223 g/mol. The third-order valence-corrected chi connectivity index (χ3v) is 1.87. The van der Waals surface area contributed by atoms with E-state index < -0.39 is 11.8 Å². The van der Waals surface area contributed by atoms with Gasteiger partial charge >= 0.3 is 0 Å². The van der Waals surface area contributed by atoms with Crippen LogP contribution >= 0.6 is 0 Å². The van der Waals surface area contributed by atoms with Gasteiger partial charge in [0.2, 0.25) is 0 Å². The van der Waals surface area contributed by atoms with Crippen LogP contribution in [0.15, 0.2) is 23.4 Å². The number of nitrogens with two attached hydrogens (primary N) is 2. The maximum Gasteiger partial charge on any atom is 0.267 e. The lowest BCUT2D eigenvalue weighted by atomic mass is 10.1. The molecule has 16 heavy (non-hydrogen) atoms. The molecule has 0 aliphatic rings. The van der Waals surface area contributed by atoms with Crippen molar-refractivity contribution in [2.24, 2.45) is 16.9 Å². The molecule has 0 radical (unpaired) electrons. The first kappa shape index (κ1) is 11.8. The molecular formula is C8H9N5O3. The van der Waals surface area contributed by atoms with Crippen LogP contribution in [-0.4, -0.2) is 11.8 Å². The summed E-state index contributed by atoms with van der Waals surface area (Å²) < 4.78 is 0. The zero-order chi connectivity index (χ0) is 12.1. The minimum Gasteiger partial charge on any atom is -0.290 e. The van der Waals surface area contributed by atoms with Crippen molar-refractivity contribution < 1.29 is 9.59 Å². The fraction of sp³-hybridized carbons (Fsp3) is 0. The number of rotatable bonds is 3. The summed E-state index contributed by atoms with van der Waals surface area (Å²) in [6, 6.07) is 3.71. The molecule has 0 fully saturated rings. The van der Waals surface area contributed by atoms with Gasteiger partial charge in [0, 0.05) is 5.56 Å². The van der Waals surface area contributed by atoms with E-state index >= 15 is 0 Å². The third kappa shape index (κ3) is 2.19. The Morgan fingerprint density at radius 3 is 2.25 bits per heavy atom. The lowest BCUT2D eigenvalue weighted by molar-refractivity contribution is 0.0942. The predicted molar refractivity (Wildman–Crippen MR) is 55.2 cm³/mol. The second kappa shape index (κ2) is 4.96. The van der Waals surface area contributed by atoms with Crippen LogP contribution in [-0.2, 0) is 0 Å². The zero-order valence-electron chi connectivity index (χ0n) is 8.06. The van der Waals surface area contributed by atoms with Crippen LogP contribution in [0.2, 0.25) is 0 Å². The molecule has 6 N–H and O–H groups in total. The number of amides is 2. The van der Waals surface area contributed by atoms with E-state index in [0.29, 0.717) is 0 Å². The highest BCUT2D eigenvalue weighted by Gasteiger charge is 2.14. The van der Waals surface area contributed by atoms with Crippen LogP contribution in [0.1, 0.15) is 20.7 Å². The quantitative estimate of drug-likeness (QED) is 0.232. The Bertz CT molecular complexity index is 445. The van der Waals surface area contributed by atoms with Crippen molar-refractivity contribution in [2.45, 2.75) is 0 Å². The summed E-state index contributed by atoms with van der Waals surface area (Å²) in [5.41, 5.74) is 3.65. The number of nitrogens with zero attached hydrogens (tertiary/aromatic N) is 1. The van der Waals surface area contributed by atoms with Crippen LogP contribution in [0.5, 0.6) is 0 Å². The molecule has 2 amide bonds. The maximum absolute atomic E-state index is 11.2. The number of carbonyl (C=O) groups excluding carboxylic acids is 2. The van der Waals surface area contributed by atoms with Gasteiger partial charge in [-0.25, -0.2) is 11.7 Å². The van der Waals surface area contributed by atoms with Gasteiger partial charge < -0.3 is 0 Å². The Labute approximate surface area is 89.9 Å². The Morgan fingerprint density at radius 2 is 1.75 bits per heavy atom. The molecule has 0 aliphatic carbocycles. The normalized spacial score (nSPS) is 9.38. The van der Waals surface area contributed by atoms with Crippen LogP contribution in [0, 0.1) is 4.91 Å². The van der Waals surface area contributed by atoms with Crippen molar-refractivity contribution in [3.05, 3.63) is 34.2 Å². The van der Waals surface area contributed by atoms with Crippen LogP contribution < -0.4 is 22.5 Å². The Kier molecular flexibility index (Phi) is 3.64. The number of hydrogen-bond acceptors (Lipinski definition) is 6. The molecule has 0 saturated heterocycles. The average molecular weight is 223 g/mol. The number of carbonyl (C=O) groups is 2. The summed E-state index contributed by atoms with van der Waals surface area (Å²) in [6.07, 6.45) is 0. The lowest BCUT2D eigenvalue weighted by Gasteiger charge is -2.04. The lowest BCUT2D eigenvalue weighted by Crippen LogP contribution is -2.31. The van der Waals surface area contributed by atoms with Crippen molar-refractivity contribution in [3.8, 4) is 0 Å². The van der Waals surface area contributed by atoms with Crippen molar-refractivity contribution >= 4 is 17.5 Å². The van der Waals surface area contributed by atoms with Gasteiger partial charge in [-0.15, -0.1) is 4.91 Å². The summed E-state index contributed by atoms with van der Waals surface area (Å²) in [4.78, 5) is 32.8. The van der Waals surface area contributed by atoms with Crippen molar-refractivity contribution in [1.29, 1.82) is 0 Å². The number of hydrogen-bond donors (Lipinski definition) is 4. The standard InChI is InChI=1S/C8H9N5O3/c9-11-7(14)4-1-2-5(8(15)12-10)6(3-4)13-16/h1-3H,9-10H2,(H,11,14)(H,12,15). The zero-order valence-corrected chi connectivity index (χ0v) is 8.06. The smallest absolute Gasteiger partial charge is 0.267 e. The van der Waals surface area contributed by atoms with Crippen molar-refractivity contribution in [3.63, 3.8) is 0 Å². The molecule has 0 spiro atoms. The Balaban J connectivity index is 3.21. The Hall–Kier alpha value is -2.32. The van der Waals surface area contributed by atoms with Crippen molar-refractivity contribution in [2.75, 3.05) is 0 Å². The first-order valence-electron chi connectivity index (χ1n) is 4.13. The van der Waals surface area contributed by atoms with E-state index in [1.165, 1.54) is 12.1 Å². The highest BCUT2D eigenvalue weighted by Crippen LogP contribution is 2.20. The number of hydrazine groups is 2. The van der Waals surface area contributed by atoms with E-state index in [1.54, 1.807) is 0 Å². The number of nitrogen functional groups attached to an aromatic ring is 2.